The first-order valence-corrected chi connectivity index (χ1v) is 6.99. The van der Waals surface area contributed by atoms with Gasteiger partial charge in [0.15, 0.2) is 0 Å². The molecule has 0 saturated carbocycles. The first-order chi connectivity index (χ1) is 10.1. The van der Waals surface area contributed by atoms with Crippen molar-refractivity contribution in [3.8, 4) is 22.8 Å². The maximum absolute atomic E-state index is 10.4. The van der Waals surface area contributed by atoms with E-state index in [1.54, 1.807) is 4.68 Å². The molecule has 0 fully saturated rings. The van der Waals surface area contributed by atoms with Gasteiger partial charge in [-0.1, -0.05) is 36.4 Å². The van der Waals surface area contributed by atoms with Crippen LogP contribution in [0.25, 0.3) is 16.9 Å². The molecule has 2 aromatic carbocycles. The van der Waals surface area contributed by atoms with Crippen LogP contribution in [-0.2, 0) is 0 Å². The number of rotatable bonds is 2. The van der Waals surface area contributed by atoms with Gasteiger partial charge in [0, 0.05) is 11.1 Å². The number of aromatic hydroxyl groups is 1. The van der Waals surface area contributed by atoms with Crippen molar-refractivity contribution in [2.45, 2.75) is 20.8 Å². The Hall–Kier alpha value is -2.55. The van der Waals surface area contributed by atoms with Crippen LogP contribution < -0.4 is 0 Å². The molecule has 0 aliphatic rings. The van der Waals surface area contributed by atoms with Gasteiger partial charge in [-0.3, -0.25) is 0 Å². The van der Waals surface area contributed by atoms with Crippen molar-refractivity contribution in [1.82, 2.24) is 9.78 Å². The average molecular weight is 278 g/mol. The van der Waals surface area contributed by atoms with Gasteiger partial charge in [0.2, 0.25) is 5.88 Å². The van der Waals surface area contributed by atoms with Gasteiger partial charge in [-0.25, -0.2) is 4.68 Å². The number of hydrogen-bond donors (Lipinski definition) is 1. The fraction of sp³-hybridized carbons (Fsp3) is 0.167. The van der Waals surface area contributed by atoms with Crippen LogP contribution in [-0.4, -0.2) is 14.9 Å². The van der Waals surface area contributed by atoms with Gasteiger partial charge in [0.05, 0.1) is 11.4 Å². The van der Waals surface area contributed by atoms with Crippen LogP contribution in [0.3, 0.4) is 0 Å². The SMILES string of the molecule is Cc1ccc(-n2nc(-c3ccccc3)c(C)c2O)cc1C. The van der Waals surface area contributed by atoms with E-state index in [1.165, 1.54) is 11.1 Å². The number of aryl methyl sites for hydroxylation is 2. The Kier molecular flexibility index (Phi) is 3.26. The molecule has 1 aromatic heterocycles. The standard InChI is InChI=1S/C18H18N2O/c1-12-9-10-16(11-13(12)2)20-18(21)14(3)17(19-20)15-7-5-4-6-8-15/h4-11,21H,1-3H3. The Morgan fingerprint density at radius 1 is 0.905 bits per heavy atom. The largest absolute Gasteiger partial charge is 0.493 e. The van der Waals surface area contributed by atoms with E-state index < -0.39 is 0 Å². The lowest BCUT2D eigenvalue weighted by Gasteiger charge is -2.06. The summed E-state index contributed by atoms with van der Waals surface area (Å²) in [5.41, 5.74) is 5.89. The fourth-order valence-corrected chi connectivity index (χ4v) is 2.39. The summed E-state index contributed by atoms with van der Waals surface area (Å²) in [4.78, 5) is 0. The summed E-state index contributed by atoms with van der Waals surface area (Å²) in [6, 6.07) is 16.0. The van der Waals surface area contributed by atoms with Gasteiger partial charge in [-0.15, -0.1) is 0 Å². The second-order valence-corrected chi connectivity index (χ2v) is 5.34. The van der Waals surface area contributed by atoms with Crippen molar-refractivity contribution in [2.24, 2.45) is 0 Å². The Morgan fingerprint density at radius 2 is 1.62 bits per heavy atom. The van der Waals surface area contributed by atoms with E-state index >= 15 is 0 Å². The molecule has 1 N–H and O–H groups in total. The van der Waals surface area contributed by atoms with Gasteiger partial charge >= 0.3 is 0 Å². The Morgan fingerprint density at radius 3 is 2.29 bits per heavy atom. The minimum absolute atomic E-state index is 0.192. The summed E-state index contributed by atoms with van der Waals surface area (Å²) in [5, 5.41) is 15.0. The third-order valence-electron chi connectivity index (χ3n) is 3.87. The Bertz CT molecular complexity index is 788. The zero-order valence-electron chi connectivity index (χ0n) is 12.5. The molecule has 1 heterocycles. The second-order valence-electron chi connectivity index (χ2n) is 5.34. The summed E-state index contributed by atoms with van der Waals surface area (Å²) in [5.74, 6) is 0.192. The molecular weight excluding hydrogens is 260 g/mol. The van der Waals surface area contributed by atoms with Crippen molar-refractivity contribution < 1.29 is 5.11 Å². The van der Waals surface area contributed by atoms with Crippen molar-refractivity contribution in [3.63, 3.8) is 0 Å². The van der Waals surface area contributed by atoms with E-state index in [0.717, 1.165) is 22.5 Å². The van der Waals surface area contributed by atoms with E-state index in [2.05, 4.69) is 18.9 Å². The van der Waals surface area contributed by atoms with Crippen LogP contribution >= 0.6 is 0 Å². The van der Waals surface area contributed by atoms with Crippen LogP contribution in [0.15, 0.2) is 48.5 Å². The molecule has 3 rings (SSSR count). The maximum atomic E-state index is 10.4. The second kappa shape index (κ2) is 5.09. The van der Waals surface area contributed by atoms with Crippen LogP contribution in [0.2, 0.25) is 0 Å². The number of benzene rings is 2. The molecule has 21 heavy (non-hydrogen) atoms. The summed E-state index contributed by atoms with van der Waals surface area (Å²) < 4.78 is 1.60. The highest BCUT2D eigenvalue weighted by molar-refractivity contribution is 5.65. The van der Waals surface area contributed by atoms with E-state index in [-0.39, 0.29) is 5.88 Å². The highest BCUT2D eigenvalue weighted by Crippen LogP contribution is 2.31. The van der Waals surface area contributed by atoms with Gasteiger partial charge in [-0.05, 0) is 44.0 Å². The van der Waals surface area contributed by atoms with Crippen molar-refractivity contribution in [3.05, 3.63) is 65.2 Å². The molecule has 3 aromatic rings. The molecular formula is C18H18N2O. The zero-order valence-corrected chi connectivity index (χ0v) is 12.5. The predicted octanol–water partition coefficient (Wildman–Crippen LogP) is 4.17. The summed E-state index contributed by atoms with van der Waals surface area (Å²) in [6.07, 6.45) is 0. The van der Waals surface area contributed by atoms with Crippen LogP contribution in [0.5, 0.6) is 5.88 Å². The Balaban J connectivity index is 2.15. The van der Waals surface area contributed by atoms with Crippen molar-refractivity contribution >= 4 is 0 Å². The highest BCUT2D eigenvalue weighted by Gasteiger charge is 2.16. The van der Waals surface area contributed by atoms with Crippen molar-refractivity contribution in [1.29, 1.82) is 0 Å². The predicted molar refractivity (Wildman–Crippen MR) is 84.9 cm³/mol. The van der Waals surface area contributed by atoms with Gasteiger partial charge in [0.25, 0.3) is 0 Å². The topological polar surface area (TPSA) is 38.0 Å². The molecule has 0 aliphatic heterocycles. The number of nitrogens with zero attached hydrogens (tertiary/aromatic N) is 2. The first kappa shape index (κ1) is 13.4. The lowest BCUT2D eigenvalue weighted by molar-refractivity contribution is 0.430. The molecule has 0 aliphatic carbocycles. The average Bonchev–Trinajstić information content (AvgIpc) is 2.79. The zero-order chi connectivity index (χ0) is 15.0. The lowest BCUT2D eigenvalue weighted by atomic mass is 10.1. The van der Waals surface area contributed by atoms with Crippen molar-refractivity contribution in [2.75, 3.05) is 0 Å². The van der Waals surface area contributed by atoms with E-state index in [0.29, 0.717) is 0 Å². The van der Waals surface area contributed by atoms with E-state index in [9.17, 15) is 5.11 Å². The van der Waals surface area contributed by atoms with Gasteiger partial charge < -0.3 is 5.11 Å². The van der Waals surface area contributed by atoms with Crippen LogP contribution in [0.4, 0.5) is 0 Å². The summed E-state index contributed by atoms with van der Waals surface area (Å²) in [6.45, 7) is 6.02. The van der Waals surface area contributed by atoms with E-state index in [4.69, 9.17) is 0 Å². The van der Waals surface area contributed by atoms with Crippen LogP contribution in [0.1, 0.15) is 16.7 Å². The quantitative estimate of drug-likeness (QED) is 0.764. The van der Waals surface area contributed by atoms with Gasteiger partial charge in [-0.2, -0.15) is 5.10 Å². The summed E-state index contributed by atoms with van der Waals surface area (Å²) in [7, 11) is 0. The minimum atomic E-state index is 0.192. The fourth-order valence-electron chi connectivity index (χ4n) is 2.39. The highest BCUT2D eigenvalue weighted by atomic mass is 16.3. The van der Waals surface area contributed by atoms with E-state index in [1.807, 2.05) is 55.5 Å². The first-order valence-electron chi connectivity index (χ1n) is 6.99. The molecule has 0 atom stereocenters. The number of aromatic nitrogens is 2. The molecule has 3 nitrogen and oxygen atoms in total. The molecule has 0 amide bonds. The normalized spacial score (nSPS) is 10.8. The Labute approximate surface area is 124 Å². The van der Waals surface area contributed by atoms with Gasteiger partial charge in [0.1, 0.15) is 0 Å². The molecule has 106 valence electrons. The molecule has 3 heteroatoms. The molecule has 0 spiro atoms. The molecule has 0 radical (unpaired) electrons. The maximum Gasteiger partial charge on any atom is 0.217 e. The smallest absolute Gasteiger partial charge is 0.217 e. The lowest BCUT2D eigenvalue weighted by Crippen LogP contribution is -1.97. The monoisotopic (exact) mass is 278 g/mol. The molecule has 0 unspecified atom stereocenters. The minimum Gasteiger partial charge on any atom is -0.493 e. The number of hydrogen-bond acceptors (Lipinski definition) is 2. The van der Waals surface area contributed by atoms with Crippen LogP contribution in [0, 0.1) is 20.8 Å². The third-order valence-corrected chi connectivity index (χ3v) is 3.87. The molecule has 0 bridgehead atoms. The molecule has 0 saturated heterocycles. The third kappa shape index (κ3) is 2.31. The summed E-state index contributed by atoms with van der Waals surface area (Å²) >= 11 is 0.